The first-order valence-corrected chi connectivity index (χ1v) is 6.70. The molecule has 3 rings (SSSR count). The van der Waals surface area contributed by atoms with Crippen molar-refractivity contribution in [3.05, 3.63) is 23.8 Å². The zero-order valence-corrected chi connectivity index (χ0v) is 11.3. The molecule has 0 aromatic heterocycles. The number of ether oxygens (including phenoxy) is 2. The monoisotopic (exact) mass is 247 g/mol. The molecule has 3 heteroatoms. The number of fused-ring (bicyclic) bond motifs is 1. The van der Waals surface area contributed by atoms with Crippen molar-refractivity contribution in [1.29, 1.82) is 0 Å². The highest BCUT2D eigenvalue weighted by atomic mass is 16.5. The standard InChI is InChI=1S/C15H21NO2/c1-15(10-4-5-10)9-13(16-2)12-7-6-11(17-3)8-14(12)18-15/h6-8,10,13,16H,4-5,9H2,1-3H3. The van der Waals surface area contributed by atoms with Gasteiger partial charge in [0.2, 0.25) is 0 Å². The van der Waals surface area contributed by atoms with Gasteiger partial charge in [-0.05, 0) is 38.8 Å². The maximum absolute atomic E-state index is 6.30. The van der Waals surface area contributed by atoms with E-state index in [1.54, 1.807) is 7.11 Å². The lowest BCUT2D eigenvalue weighted by Gasteiger charge is -2.40. The van der Waals surface area contributed by atoms with Crippen LogP contribution in [0.15, 0.2) is 18.2 Å². The first-order chi connectivity index (χ1) is 8.66. The van der Waals surface area contributed by atoms with Gasteiger partial charge in [-0.15, -0.1) is 0 Å². The molecule has 2 atom stereocenters. The fraction of sp³-hybridized carbons (Fsp3) is 0.600. The Balaban J connectivity index is 1.98. The predicted octanol–water partition coefficient (Wildman–Crippen LogP) is 2.91. The van der Waals surface area contributed by atoms with Crippen molar-refractivity contribution in [3.63, 3.8) is 0 Å². The molecule has 0 bridgehead atoms. The van der Waals surface area contributed by atoms with Crippen LogP contribution >= 0.6 is 0 Å². The van der Waals surface area contributed by atoms with Crippen molar-refractivity contribution in [3.8, 4) is 11.5 Å². The highest BCUT2D eigenvalue weighted by molar-refractivity contribution is 5.44. The van der Waals surface area contributed by atoms with Gasteiger partial charge in [0.05, 0.1) is 7.11 Å². The van der Waals surface area contributed by atoms with E-state index in [2.05, 4.69) is 18.3 Å². The summed E-state index contributed by atoms with van der Waals surface area (Å²) >= 11 is 0. The molecule has 18 heavy (non-hydrogen) atoms. The fourth-order valence-electron chi connectivity index (χ4n) is 3.03. The fourth-order valence-corrected chi connectivity index (χ4v) is 3.03. The summed E-state index contributed by atoms with van der Waals surface area (Å²) in [6.07, 6.45) is 3.64. The van der Waals surface area contributed by atoms with E-state index in [1.165, 1.54) is 18.4 Å². The molecule has 1 saturated carbocycles. The molecule has 0 saturated heterocycles. The molecule has 1 aliphatic heterocycles. The van der Waals surface area contributed by atoms with Gasteiger partial charge >= 0.3 is 0 Å². The Kier molecular flexibility index (Phi) is 2.74. The number of rotatable bonds is 3. The molecular formula is C15H21NO2. The summed E-state index contributed by atoms with van der Waals surface area (Å²) in [6, 6.07) is 6.51. The van der Waals surface area contributed by atoms with Crippen molar-refractivity contribution in [2.75, 3.05) is 14.2 Å². The number of hydrogen-bond acceptors (Lipinski definition) is 3. The van der Waals surface area contributed by atoms with Gasteiger partial charge in [0.25, 0.3) is 0 Å². The van der Waals surface area contributed by atoms with Gasteiger partial charge in [0.15, 0.2) is 0 Å². The lowest BCUT2D eigenvalue weighted by molar-refractivity contribution is 0.0278. The zero-order chi connectivity index (χ0) is 12.8. The van der Waals surface area contributed by atoms with Gasteiger partial charge in [-0.1, -0.05) is 6.07 Å². The molecule has 1 aromatic carbocycles. The molecule has 1 N–H and O–H groups in total. The van der Waals surface area contributed by atoms with Gasteiger partial charge in [-0.3, -0.25) is 0 Å². The van der Waals surface area contributed by atoms with Crippen LogP contribution in [0.25, 0.3) is 0 Å². The SMILES string of the molecule is CNC1CC(C)(C2CC2)Oc2cc(OC)ccc21. The summed E-state index contributed by atoms with van der Waals surface area (Å²) in [5.74, 6) is 2.56. The average Bonchev–Trinajstić information content (AvgIpc) is 3.21. The van der Waals surface area contributed by atoms with Crippen LogP contribution in [0, 0.1) is 5.92 Å². The highest BCUT2D eigenvalue weighted by Gasteiger charge is 2.47. The first kappa shape index (κ1) is 11.8. The summed E-state index contributed by atoms with van der Waals surface area (Å²) in [6.45, 7) is 2.25. The molecule has 2 aliphatic rings. The normalized spacial score (nSPS) is 30.5. The third-order valence-corrected chi connectivity index (χ3v) is 4.34. The Morgan fingerprint density at radius 2 is 2.17 bits per heavy atom. The summed E-state index contributed by atoms with van der Waals surface area (Å²) in [4.78, 5) is 0. The predicted molar refractivity (Wildman–Crippen MR) is 71.2 cm³/mol. The molecule has 98 valence electrons. The average molecular weight is 247 g/mol. The second kappa shape index (κ2) is 4.16. The molecule has 3 nitrogen and oxygen atoms in total. The summed E-state index contributed by atoms with van der Waals surface area (Å²) in [7, 11) is 3.72. The second-order valence-corrected chi connectivity index (χ2v) is 5.64. The molecule has 1 aliphatic carbocycles. The van der Waals surface area contributed by atoms with Crippen LogP contribution in [0.1, 0.15) is 37.8 Å². The molecule has 2 unspecified atom stereocenters. The van der Waals surface area contributed by atoms with E-state index in [9.17, 15) is 0 Å². The van der Waals surface area contributed by atoms with Gasteiger partial charge in [-0.2, -0.15) is 0 Å². The molecular weight excluding hydrogens is 226 g/mol. The molecule has 1 aromatic rings. The van der Waals surface area contributed by atoms with Gasteiger partial charge in [0.1, 0.15) is 17.1 Å². The van der Waals surface area contributed by atoms with E-state index in [0.29, 0.717) is 12.0 Å². The maximum Gasteiger partial charge on any atom is 0.128 e. The van der Waals surface area contributed by atoms with Crippen LogP contribution in [0.2, 0.25) is 0 Å². The quantitative estimate of drug-likeness (QED) is 0.891. The number of benzene rings is 1. The van der Waals surface area contributed by atoms with E-state index in [0.717, 1.165) is 17.9 Å². The van der Waals surface area contributed by atoms with Crippen LogP contribution in [-0.4, -0.2) is 19.8 Å². The van der Waals surface area contributed by atoms with Gasteiger partial charge < -0.3 is 14.8 Å². The lowest BCUT2D eigenvalue weighted by Crippen LogP contribution is -2.42. The van der Waals surface area contributed by atoms with Crippen molar-refractivity contribution in [2.45, 2.75) is 37.8 Å². The van der Waals surface area contributed by atoms with Crippen LogP contribution < -0.4 is 14.8 Å². The van der Waals surface area contributed by atoms with Crippen molar-refractivity contribution in [1.82, 2.24) is 5.32 Å². The smallest absolute Gasteiger partial charge is 0.128 e. The summed E-state index contributed by atoms with van der Waals surface area (Å²) in [5, 5.41) is 3.41. The Morgan fingerprint density at radius 3 is 2.78 bits per heavy atom. The van der Waals surface area contributed by atoms with E-state index in [1.807, 2.05) is 19.2 Å². The largest absolute Gasteiger partial charge is 0.497 e. The second-order valence-electron chi connectivity index (χ2n) is 5.64. The molecule has 0 amide bonds. The van der Waals surface area contributed by atoms with E-state index in [4.69, 9.17) is 9.47 Å². The highest BCUT2D eigenvalue weighted by Crippen LogP contribution is 2.50. The Hall–Kier alpha value is -1.22. The first-order valence-electron chi connectivity index (χ1n) is 6.70. The van der Waals surface area contributed by atoms with Crippen LogP contribution in [-0.2, 0) is 0 Å². The number of nitrogens with one attached hydrogen (secondary N) is 1. The van der Waals surface area contributed by atoms with Crippen molar-refractivity contribution in [2.24, 2.45) is 5.92 Å². The van der Waals surface area contributed by atoms with Crippen LogP contribution in [0.5, 0.6) is 11.5 Å². The molecule has 1 heterocycles. The van der Waals surface area contributed by atoms with Crippen LogP contribution in [0.4, 0.5) is 0 Å². The molecule has 0 spiro atoms. The van der Waals surface area contributed by atoms with Crippen molar-refractivity contribution >= 4 is 0 Å². The Labute approximate surface area is 108 Å². The summed E-state index contributed by atoms with van der Waals surface area (Å²) < 4.78 is 11.6. The van der Waals surface area contributed by atoms with Gasteiger partial charge in [0, 0.05) is 24.1 Å². The van der Waals surface area contributed by atoms with Crippen LogP contribution in [0.3, 0.4) is 0 Å². The Morgan fingerprint density at radius 1 is 1.39 bits per heavy atom. The minimum Gasteiger partial charge on any atom is -0.497 e. The molecule has 1 fully saturated rings. The Bertz CT molecular complexity index is 456. The summed E-state index contributed by atoms with van der Waals surface area (Å²) in [5.41, 5.74) is 1.23. The van der Waals surface area contributed by atoms with Crippen molar-refractivity contribution < 1.29 is 9.47 Å². The van der Waals surface area contributed by atoms with Gasteiger partial charge in [-0.25, -0.2) is 0 Å². The topological polar surface area (TPSA) is 30.5 Å². The lowest BCUT2D eigenvalue weighted by atomic mass is 9.85. The maximum atomic E-state index is 6.30. The third-order valence-electron chi connectivity index (χ3n) is 4.34. The van der Waals surface area contributed by atoms with E-state index >= 15 is 0 Å². The van der Waals surface area contributed by atoms with E-state index < -0.39 is 0 Å². The minimum atomic E-state index is -0.0208. The minimum absolute atomic E-state index is 0.0208. The third kappa shape index (κ3) is 1.87. The van der Waals surface area contributed by atoms with E-state index in [-0.39, 0.29) is 5.60 Å². The zero-order valence-electron chi connectivity index (χ0n) is 11.3. The number of methoxy groups -OCH3 is 1. The molecule has 0 radical (unpaired) electrons. The number of hydrogen-bond donors (Lipinski definition) is 1.